The average Bonchev–Trinajstić information content (AvgIpc) is 3.17. The largest absolute Gasteiger partial charge is 0.323 e. The number of carbonyl (C=O) groups is 1. The number of likely N-dealkylation sites (tertiary alicyclic amines) is 1. The summed E-state index contributed by atoms with van der Waals surface area (Å²) < 4.78 is 0. The van der Waals surface area contributed by atoms with Crippen LogP contribution in [-0.2, 0) is 4.79 Å². The van der Waals surface area contributed by atoms with E-state index in [1.54, 1.807) is 0 Å². The minimum Gasteiger partial charge on any atom is -0.323 e. The summed E-state index contributed by atoms with van der Waals surface area (Å²) in [5, 5.41) is 12.7. The molecule has 4 nitrogen and oxygen atoms in total. The van der Waals surface area contributed by atoms with E-state index in [2.05, 4.69) is 18.3 Å². The number of fused-ring (bicyclic) bond motifs is 2. The molecule has 20 heavy (non-hydrogen) atoms. The van der Waals surface area contributed by atoms with Crippen LogP contribution in [0.4, 0.5) is 0 Å². The molecule has 2 aliphatic carbocycles. The van der Waals surface area contributed by atoms with Gasteiger partial charge in [0.05, 0.1) is 12.6 Å². The van der Waals surface area contributed by atoms with Gasteiger partial charge in [0, 0.05) is 12.1 Å². The lowest BCUT2D eigenvalue weighted by molar-refractivity contribution is -0.132. The summed E-state index contributed by atoms with van der Waals surface area (Å²) in [5.41, 5.74) is 0. The van der Waals surface area contributed by atoms with Crippen molar-refractivity contribution in [3.05, 3.63) is 0 Å². The molecule has 3 fully saturated rings. The van der Waals surface area contributed by atoms with E-state index >= 15 is 0 Å². The van der Waals surface area contributed by atoms with E-state index in [0.717, 1.165) is 31.1 Å². The van der Waals surface area contributed by atoms with E-state index < -0.39 is 0 Å². The Kier molecular flexibility index (Phi) is 3.98. The number of rotatable bonds is 4. The van der Waals surface area contributed by atoms with Crippen LogP contribution < -0.4 is 5.32 Å². The molecule has 0 aromatic rings. The first-order valence-corrected chi connectivity index (χ1v) is 8.17. The molecule has 4 heteroatoms. The highest BCUT2D eigenvalue weighted by molar-refractivity contribution is 5.79. The van der Waals surface area contributed by atoms with Gasteiger partial charge in [-0.2, -0.15) is 5.26 Å². The molecule has 5 atom stereocenters. The summed E-state index contributed by atoms with van der Waals surface area (Å²) in [6.45, 7) is 2.52. The zero-order valence-electron chi connectivity index (χ0n) is 12.3. The minimum atomic E-state index is -0.200. The lowest BCUT2D eigenvalue weighted by Crippen LogP contribution is -2.47. The topological polar surface area (TPSA) is 56.1 Å². The zero-order valence-corrected chi connectivity index (χ0v) is 12.3. The fourth-order valence-corrected chi connectivity index (χ4v) is 4.59. The van der Waals surface area contributed by atoms with Crippen LogP contribution in [0.1, 0.15) is 51.9 Å². The number of nitriles is 1. The Balaban J connectivity index is 1.54. The zero-order chi connectivity index (χ0) is 14.1. The molecule has 3 rings (SSSR count). The Morgan fingerprint density at radius 1 is 1.30 bits per heavy atom. The van der Waals surface area contributed by atoms with Gasteiger partial charge >= 0.3 is 0 Å². The van der Waals surface area contributed by atoms with Crippen molar-refractivity contribution in [3.63, 3.8) is 0 Å². The van der Waals surface area contributed by atoms with Crippen molar-refractivity contribution in [3.8, 4) is 6.07 Å². The number of hydrogen-bond donors (Lipinski definition) is 1. The van der Waals surface area contributed by atoms with Crippen molar-refractivity contribution in [2.24, 2.45) is 11.8 Å². The summed E-state index contributed by atoms with van der Waals surface area (Å²) in [5.74, 6) is 1.82. The second-order valence-corrected chi connectivity index (χ2v) is 6.75. The van der Waals surface area contributed by atoms with Gasteiger partial charge in [0.25, 0.3) is 0 Å². The molecule has 3 aliphatic rings. The van der Waals surface area contributed by atoms with Gasteiger partial charge in [-0.1, -0.05) is 13.3 Å². The molecule has 0 unspecified atom stereocenters. The molecule has 110 valence electrons. The van der Waals surface area contributed by atoms with Gasteiger partial charge < -0.3 is 10.2 Å². The van der Waals surface area contributed by atoms with Crippen molar-refractivity contribution in [1.29, 1.82) is 5.26 Å². The van der Waals surface area contributed by atoms with Crippen LogP contribution in [0, 0.1) is 23.2 Å². The van der Waals surface area contributed by atoms with Crippen molar-refractivity contribution in [1.82, 2.24) is 10.2 Å². The summed E-state index contributed by atoms with van der Waals surface area (Å²) >= 11 is 0. The quantitative estimate of drug-likeness (QED) is 0.854. The van der Waals surface area contributed by atoms with Gasteiger partial charge in [0.15, 0.2) is 0 Å². The normalized spacial score (nSPS) is 39.2. The van der Waals surface area contributed by atoms with E-state index in [4.69, 9.17) is 0 Å². The average molecular weight is 275 g/mol. The number of nitrogens with zero attached hydrogens (tertiary/aromatic N) is 2. The van der Waals surface area contributed by atoms with Crippen LogP contribution in [-0.4, -0.2) is 35.5 Å². The standard InChI is InChI=1S/C16H25N3O/c1-2-13-5-6-14(9-17)19(13)16(20)10-18-15-8-11-3-4-12(15)7-11/h11-15,18H,2-8,10H2,1H3/t11-,12-,13-,14+,15-/m1/s1. The second kappa shape index (κ2) is 5.73. The van der Waals surface area contributed by atoms with Crippen molar-refractivity contribution in [2.75, 3.05) is 6.54 Å². The predicted molar refractivity (Wildman–Crippen MR) is 76.8 cm³/mol. The summed E-state index contributed by atoms with van der Waals surface area (Å²) in [6, 6.07) is 2.91. The highest BCUT2D eigenvalue weighted by atomic mass is 16.2. The summed E-state index contributed by atoms with van der Waals surface area (Å²) in [7, 11) is 0. The molecule has 1 amide bonds. The Morgan fingerprint density at radius 3 is 2.75 bits per heavy atom. The van der Waals surface area contributed by atoms with Crippen LogP contribution in [0.2, 0.25) is 0 Å². The van der Waals surface area contributed by atoms with E-state index in [-0.39, 0.29) is 18.0 Å². The first-order valence-electron chi connectivity index (χ1n) is 8.17. The monoisotopic (exact) mass is 275 g/mol. The number of carbonyl (C=O) groups excluding carboxylic acids is 1. The van der Waals surface area contributed by atoms with E-state index in [1.165, 1.54) is 25.7 Å². The van der Waals surface area contributed by atoms with E-state index in [9.17, 15) is 10.1 Å². The second-order valence-electron chi connectivity index (χ2n) is 6.75. The lowest BCUT2D eigenvalue weighted by atomic mass is 9.95. The SMILES string of the molecule is CC[C@@H]1CC[C@@H](C#N)N1C(=O)CN[C@@H]1C[C@@H]2CC[C@@H]1C2. The third kappa shape index (κ3) is 2.44. The molecular formula is C16H25N3O. The minimum absolute atomic E-state index is 0.128. The molecule has 2 saturated carbocycles. The van der Waals surface area contributed by atoms with Gasteiger partial charge in [0.2, 0.25) is 5.91 Å². The van der Waals surface area contributed by atoms with Crippen molar-refractivity contribution in [2.45, 2.75) is 70.0 Å². The number of nitrogens with one attached hydrogen (secondary N) is 1. The van der Waals surface area contributed by atoms with Gasteiger partial charge in [-0.05, 0) is 50.4 Å². The molecule has 1 aliphatic heterocycles. The van der Waals surface area contributed by atoms with Gasteiger partial charge in [-0.25, -0.2) is 0 Å². The van der Waals surface area contributed by atoms with Crippen LogP contribution in [0.25, 0.3) is 0 Å². The van der Waals surface area contributed by atoms with Gasteiger partial charge in [0.1, 0.15) is 6.04 Å². The van der Waals surface area contributed by atoms with Crippen molar-refractivity contribution >= 4 is 5.91 Å². The first-order chi connectivity index (χ1) is 9.72. The Morgan fingerprint density at radius 2 is 2.15 bits per heavy atom. The Hall–Kier alpha value is -1.08. The first kappa shape index (κ1) is 13.9. The maximum absolute atomic E-state index is 12.5. The Labute approximate surface area is 121 Å². The van der Waals surface area contributed by atoms with E-state index in [0.29, 0.717) is 12.6 Å². The maximum atomic E-state index is 12.5. The molecule has 2 bridgehead atoms. The predicted octanol–water partition coefficient (Wildman–Crippen LogP) is 2.06. The molecule has 0 radical (unpaired) electrons. The van der Waals surface area contributed by atoms with Crippen LogP contribution >= 0.6 is 0 Å². The maximum Gasteiger partial charge on any atom is 0.237 e. The molecule has 0 aromatic carbocycles. The highest BCUT2D eigenvalue weighted by Gasteiger charge is 2.40. The lowest BCUT2D eigenvalue weighted by Gasteiger charge is -2.29. The molecule has 0 aromatic heterocycles. The third-order valence-corrected chi connectivity index (χ3v) is 5.66. The molecule has 1 heterocycles. The van der Waals surface area contributed by atoms with Crippen LogP contribution in [0.5, 0.6) is 0 Å². The highest BCUT2D eigenvalue weighted by Crippen LogP contribution is 2.44. The Bertz CT molecular complexity index is 416. The molecular weight excluding hydrogens is 250 g/mol. The molecule has 0 spiro atoms. The van der Waals surface area contributed by atoms with Gasteiger partial charge in [-0.15, -0.1) is 0 Å². The van der Waals surface area contributed by atoms with E-state index in [1.807, 2.05) is 4.90 Å². The van der Waals surface area contributed by atoms with Crippen LogP contribution in [0.15, 0.2) is 0 Å². The number of hydrogen-bond acceptors (Lipinski definition) is 3. The summed E-state index contributed by atoms with van der Waals surface area (Å²) in [6.07, 6.45) is 8.10. The summed E-state index contributed by atoms with van der Waals surface area (Å²) in [4.78, 5) is 14.3. The van der Waals surface area contributed by atoms with Crippen LogP contribution in [0.3, 0.4) is 0 Å². The smallest absolute Gasteiger partial charge is 0.237 e. The van der Waals surface area contributed by atoms with Gasteiger partial charge in [-0.3, -0.25) is 4.79 Å². The molecule has 1 saturated heterocycles. The fraction of sp³-hybridized carbons (Fsp3) is 0.875. The number of amides is 1. The van der Waals surface area contributed by atoms with Crippen molar-refractivity contribution < 1.29 is 4.79 Å². The molecule has 1 N–H and O–H groups in total. The third-order valence-electron chi connectivity index (χ3n) is 5.66. The fourth-order valence-electron chi connectivity index (χ4n) is 4.59.